The Morgan fingerprint density at radius 3 is 2.44 bits per heavy atom. The summed E-state index contributed by atoms with van der Waals surface area (Å²) in [5.41, 5.74) is 0.0649. The van der Waals surface area contributed by atoms with Crippen molar-refractivity contribution in [2.75, 3.05) is 25.5 Å². The summed E-state index contributed by atoms with van der Waals surface area (Å²) < 4.78 is 0. The molecule has 1 aromatic rings. The molecule has 0 saturated carbocycles. The number of nitrogens with zero attached hydrogens (tertiary/aromatic N) is 1. The highest BCUT2D eigenvalue weighted by Gasteiger charge is 2.32. The van der Waals surface area contributed by atoms with Crippen molar-refractivity contribution in [3.05, 3.63) is 30.3 Å². The van der Waals surface area contributed by atoms with Gasteiger partial charge in [0.1, 0.15) is 5.54 Å². The first-order chi connectivity index (χ1) is 7.49. The van der Waals surface area contributed by atoms with E-state index < -0.39 is 11.5 Å². The Kier molecular flexibility index (Phi) is 3.90. The van der Waals surface area contributed by atoms with Crippen molar-refractivity contribution in [1.82, 2.24) is 5.32 Å². The van der Waals surface area contributed by atoms with Crippen LogP contribution in [0, 0.1) is 0 Å². The summed E-state index contributed by atoms with van der Waals surface area (Å²) in [6.07, 6.45) is 0. The molecule has 0 saturated heterocycles. The lowest BCUT2D eigenvalue weighted by molar-refractivity contribution is -0.143. The summed E-state index contributed by atoms with van der Waals surface area (Å²) in [5.74, 6) is -0.849. The van der Waals surface area contributed by atoms with E-state index in [1.165, 1.54) is 0 Å². The van der Waals surface area contributed by atoms with Gasteiger partial charge in [-0.2, -0.15) is 0 Å². The molecule has 0 spiro atoms. The number of rotatable bonds is 5. The van der Waals surface area contributed by atoms with Crippen LogP contribution >= 0.6 is 0 Å². The smallest absolute Gasteiger partial charge is 0.325 e. The Morgan fingerprint density at radius 2 is 2.00 bits per heavy atom. The fourth-order valence-corrected chi connectivity index (χ4v) is 1.50. The van der Waals surface area contributed by atoms with E-state index in [1.54, 1.807) is 14.0 Å². The fraction of sp³-hybridized carbons (Fsp3) is 0.417. The van der Waals surface area contributed by atoms with E-state index in [0.717, 1.165) is 5.69 Å². The van der Waals surface area contributed by atoms with Crippen LogP contribution in [0.4, 0.5) is 5.69 Å². The molecule has 4 heteroatoms. The first kappa shape index (κ1) is 12.5. The fourth-order valence-electron chi connectivity index (χ4n) is 1.50. The molecule has 2 N–H and O–H groups in total. The second-order valence-corrected chi connectivity index (χ2v) is 4.08. The number of carboxylic acid groups (broad SMARTS) is 1. The molecule has 0 aliphatic carbocycles. The monoisotopic (exact) mass is 222 g/mol. The van der Waals surface area contributed by atoms with Crippen molar-refractivity contribution in [2.24, 2.45) is 0 Å². The van der Waals surface area contributed by atoms with Crippen LogP contribution in [0.15, 0.2) is 30.3 Å². The largest absolute Gasteiger partial charge is 0.480 e. The number of aliphatic carboxylic acids is 1. The van der Waals surface area contributed by atoms with Crippen molar-refractivity contribution >= 4 is 11.7 Å². The van der Waals surface area contributed by atoms with Crippen LogP contribution in [0.1, 0.15) is 6.92 Å². The van der Waals surface area contributed by atoms with Gasteiger partial charge in [0.05, 0.1) is 0 Å². The van der Waals surface area contributed by atoms with E-state index in [0.29, 0.717) is 6.54 Å². The van der Waals surface area contributed by atoms with Crippen LogP contribution in [-0.4, -0.2) is 37.3 Å². The van der Waals surface area contributed by atoms with Gasteiger partial charge in [0.2, 0.25) is 0 Å². The molecule has 16 heavy (non-hydrogen) atoms. The summed E-state index contributed by atoms with van der Waals surface area (Å²) in [6, 6.07) is 9.72. The molecular weight excluding hydrogens is 204 g/mol. The first-order valence-electron chi connectivity index (χ1n) is 5.18. The molecule has 0 amide bonds. The van der Waals surface area contributed by atoms with E-state index in [2.05, 4.69) is 5.32 Å². The van der Waals surface area contributed by atoms with Gasteiger partial charge in [-0.3, -0.25) is 4.79 Å². The van der Waals surface area contributed by atoms with Gasteiger partial charge < -0.3 is 15.3 Å². The highest BCUT2D eigenvalue weighted by atomic mass is 16.4. The molecule has 0 aromatic heterocycles. The molecule has 0 radical (unpaired) electrons. The average molecular weight is 222 g/mol. The van der Waals surface area contributed by atoms with Crippen molar-refractivity contribution in [3.8, 4) is 0 Å². The quantitative estimate of drug-likeness (QED) is 0.785. The van der Waals surface area contributed by atoms with Crippen molar-refractivity contribution < 1.29 is 9.90 Å². The Balaban J connectivity index is 2.78. The number of carbonyl (C=O) groups is 1. The van der Waals surface area contributed by atoms with Gasteiger partial charge in [-0.15, -0.1) is 0 Å². The molecule has 1 atom stereocenters. The van der Waals surface area contributed by atoms with Gasteiger partial charge in [0, 0.05) is 19.3 Å². The van der Waals surface area contributed by atoms with Crippen LogP contribution < -0.4 is 10.2 Å². The average Bonchev–Trinajstić information content (AvgIpc) is 2.29. The van der Waals surface area contributed by atoms with Crippen LogP contribution in [0.25, 0.3) is 0 Å². The van der Waals surface area contributed by atoms with Crippen molar-refractivity contribution in [2.45, 2.75) is 12.5 Å². The summed E-state index contributed by atoms with van der Waals surface area (Å²) in [4.78, 5) is 13.1. The third kappa shape index (κ3) is 2.73. The molecule has 1 unspecified atom stereocenters. The molecular formula is C12H18N2O2. The zero-order valence-electron chi connectivity index (χ0n) is 9.90. The standard InChI is InChI=1S/C12H18N2O2/c1-12(13-2,11(15)16)9-14(3)10-7-5-4-6-8-10/h4-8,13H,9H2,1-3H3,(H,15,16). The summed E-state index contributed by atoms with van der Waals surface area (Å²) in [7, 11) is 3.54. The van der Waals surface area contributed by atoms with Gasteiger partial charge in [-0.1, -0.05) is 18.2 Å². The zero-order chi connectivity index (χ0) is 12.2. The van der Waals surface area contributed by atoms with Crippen LogP contribution in [-0.2, 0) is 4.79 Å². The van der Waals surface area contributed by atoms with E-state index in [-0.39, 0.29) is 0 Å². The maximum absolute atomic E-state index is 11.1. The minimum Gasteiger partial charge on any atom is -0.480 e. The van der Waals surface area contributed by atoms with Crippen molar-refractivity contribution in [3.63, 3.8) is 0 Å². The molecule has 0 bridgehead atoms. The Bertz CT molecular complexity index is 353. The van der Waals surface area contributed by atoms with E-state index in [4.69, 9.17) is 5.11 Å². The van der Waals surface area contributed by atoms with Crippen LogP contribution in [0.3, 0.4) is 0 Å². The van der Waals surface area contributed by atoms with Gasteiger partial charge in [-0.25, -0.2) is 0 Å². The lowest BCUT2D eigenvalue weighted by Gasteiger charge is -2.31. The molecule has 88 valence electrons. The van der Waals surface area contributed by atoms with E-state index in [9.17, 15) is 4.79 Å². The number of para-hydroxylation sites is 1. The van der Waals surface area contributed by atoms with Gasteiger partial charge in [0.25, 0.3) is 0 Å². The molecule has 0 heterocycles. The van der Waals surface area contributed by atoms with Crippen LogP contribution in [0.2, 0.25) is 0 Å². The number of hydrogen-bond donors (Lipinski definition) is 2. The molecule has 1 aromatic carbocycles. The third-order valence-corrected chi connectivity index (χ3v) is 2.77. The number of carboxylic acids is 1. The number of likely N-dealkylation sites (N-methyl/N-ethyl adjacent to an activating group) is 2. The van der Waals surface area contributed by atoms with Gasteiger partial charge in [-0.05, 0) is 26.1 Å². The van der Waals surface area contributed by atoms with Gasteiger partial charge >= 0.3 is 5.97 Å². The Morgan fingerprint density at radius 1 is 1.44 bits per heavy atom. The lowest BCUT2D eigenvalue weighted by Crippen LogP contribution is -2.55. The minimum atomic E-state index is -0.940. The summed E-state index contributed by atoms with van der Waals surface area (Å²) >= 11 is 0. The SMILES string of the molecule is CNC(C)(CN(C)c1ccccc1)C(=O)O. The van der Waals surface area contributed by atoms with Crippen LogP contribution in [0.5, 0.6) is 0 Å². The number of hydrogen-bond acceptors (Lipinski definition) is 3. The normalized spacial score (nSPS) is 14.2. The lowest BCUT2D eigenvalue weighted by atomic mass is 10.0. The highest BCUT2D eigenvalue weighted by molar-refractivity contribution is 5.79. The van der Waals surface area contributed by atoms with Crippen molar-refractivity contribution in [1.29, 1.82) is 0 Å². The maximum Gasteiger partial charge on any atom is 0.325 e. The Hall–Kier alpha value is -1.55. The maximum atomic E-state index is 11.1. The molecule has 1 rings (SSSR count). The molecule has 4 nitrogen and oxygen atoms in total. The minimum absolute atomic E-state index is 0.406. The predicted molar refractivity (Wildman–Crippen MR) is 64.8 cm³/mol. The van der Waals surface area contributed by atoms with E-state index >= 15 is 0 Å². The highest BCUT2D eigenvalue weighted by Crippen LogP contribution is 2.14. The summed E-state index contributed by atoms with van der Waals surface area (Å²) in [6.45, 7) is 2.08. The molecule has 0 aliphatic heterocycles. The van der Waals surface area contributed by atoms with Gasteiger partial charge in [0.15, 0.2) is 0 Å². The molecule has 0 fully saturated rings. The second-order valence-electron chi connectivity index (χ2n) is 4.08. The second kappa shape index (κ2) is 4.99. The van der Waals surface area contributed by atoms with E-state index in [1.807, 2.05) is 42.3 Å². The molecule has 0 aliphatic rings. The number of anilines is 1. The topological polar surface area (TPSA) is 52.6 Å². The summed E-state index contributed by atoms with van der Waals surface area (Å²) in [5, 5.41) is 12.0. The Labute approximate surface area is 95.9 Å². The first-order valence-corrected chi connectivity index (χ1v) is 5.18. The third-order valence-electron chi connectivity index (χ3n) is 2.77. The predicted octanol–water partition coefficient (Wildman–Crippen LogP) is 1.19. The zero-order valence-corrected chi connectivity index (χ0v) is 9.90. The number of benzene rings is 1. The number of nitrogens with one attached hydrogen (secondary N) is 1.